The number of hydrogen-bond donors (Lipinski definition) is 1. The van der Waals surface area contributed by atoms with Gasteiger partial charge in [0.15, 0.2) is 0 Å². The molecule has 0 saturated carbocycles. The van der Waals surface area contributed by atoms with E-state index < -0.39 is 0 Å². The highest BCUT2D eigenvalue weighted by atomic mass is 79.9. The van der Waals surface area contributed by atoms with E-state index >= 15 is 0 Å². The lowest BCUT2D eigenvalue weighted by molar-refractivity contribution is 0.621. The Morgan fingerprint density at radius 2 is 2.31 bits per heavy atom. The summed E-state index contributed by atoms with van der Waals surface area (Å²) in [6.45, 7) is 0.710. The van der Waals surface area contributed by atoms with E-state index in [1.54, 1.807) is 12.1 Å². The van der Waals surface area contributed by atoms with Crippen molar-refractivity contribution in [3.05, 3.63) is 33.4 Å². The third-order valence-corrected chi connectivity index (χ3v) is 3.42. The molecule has 0 fully saturated rings. The molecule has 0 saturated heterocycles. The third-order valence-electron chi connectivity index (χ3n) is 2.09. The smallest absolute Gasteiger partial charge is 0.137 e. The van der Waals surface area contributed by atoms with E-state index in [9.17, 15) is 4.39 Å². The Kier molecular flexibility index (Phi) is 3.63. The normalized spacial score (nSPS) is 10.7. The van der Waals surface area contributed by atoms with Gasteiger partial charge in [0.1, 0.15) is 11.5 Å². The molecule has 0 unspecified atom stereocenters. The number of hydrogen-bond acceptors (Lipinski definition) is 4. The van der Waals surface area contributed by atoms with Crippen molar-refractivity contribution in [2.24, 2.45) is 0 Å². The molecule has 2 rings (SSSR count). The minimum absolute atomic E-state index is 0.276. The average Bonchev–Trinajstić information content (AvgIpc) is 2.71. The van der Waals surface area contributed by atoms with Crippen molar-refractivity contribution in [3.8, 4) is 11.3 Å². The molecule has 1 N–H and O–H groups in total. The van der Waals surface area contributed by atoms with Crippen LogP contribution in [0.4, 0.5) is 4.39 Å². The zero-order valence-corrected chi connectivity index (χ0v) is 10.9. The predicted molar refractivity (Wildman–Crippen MR) is 65.8 cm³/mol. The van der Waals surface area contributed by atoms with Crippen LogP contribution in [0.1, 0.15) is 4.88 Å². The van der Waals surface area contributed by atoms with Gasteiger partial charge in [-0.1, -0.05) is 4.49 Å². The molecule has 1 heterocycles. The fourth-order valence-corrected chi connectivity index (χ4v) is 2.40. The molecule has 0 spiro atoms. The summed E-state index contributed by atoms with van der Waals surface area (Å²) >= 11 is 4.51. The van der Waals surface area contributed by atoms with Crippen LogP contribution in [0.25, 0.3) is 11.3 Å². The molecular formula is C10H9BrFN3S. The first-order valence-electron chi connectivity index (χ1n) is 4.63. The summed E-state index contributed by atoms with van der Waals surface area (Å²) in [5.41, 5.74) is 1.67. The van der Waals surface area contributed by atoms with Gasteiger partial charge in [0.2, 0.25) is 0 Å². The maximum Gasteiger partial charge on any atom is 0.137 e. The molecule has 0 amide bonds. The number of aromatic nitrogens is 2. The van der Waals surface area contributed by atoms with Crippen molar-refractivity contribution < 1.29 is 4.39 Å². The topological polar surface area (TPSA) is 37.8 Å². The van der Waals surface area contributed by atoms with Gasteiger partial charge in [-0.2, -0.15) is 0 Å². The second-order valence-electron chi connectivity index (χ2n) is 3.20. The number of nitrogens with one attached hydrogen (secondary N) is 1. The van der Waals surface area contributed by atoms with Crippen LogP contribution in [0.5, 0.6) is 0 Å². The molecule has 1 aromatic heterocycles. The molecule has 0 bridgehead atoms. The fourth-order valence-electron chi connectivity index (χ4n) is 1.35. The van der Waals surface area contributed by atoms with Crippen molar-refractivity contribution in [3.63, 3.8) is 0 Å². The van der Waals surface area contributed by atoms with Crippen LogP contribution in [-0.4, -0.2) is 16.6 Å². The van der Waals surface area contributed by atoms with Gasteiger partial charge in [-0.25, -0.2) is 4.39 Å². The molecular weight excluding hydrogens is 293 g/mol. The summed E-state index contributed by atoms with van der Waals surface area (Å²) in [7, 11) is 1.87. The number of rotatable bonds is 3. The van der Waals surface area contributed by atoms with Crippen LogP contribution in [-0.2, 0) is 6.54 Å². The summed E-state index contributed by atoms with van der Waals surface area (Å²) in [6, 6.07) is 4.84. The van der Waals surface area contributed by atoms with E-state index in [0.717, 1.165) is 16.1 Å². The summed E-state index contributed by atoms with van der Waals surface area (Å²) < 4.78 is 17.4. The predicted octanol–water partition coefficient (Wildman–Crippen LogP) is 2.83. The van der Waals surface area contributed by atoms with Crippen molar-refractivity contribution in [2.75, 3.05) is 7.05 Å². The maximum atomic E-state index is 13.1. The molecule has 84 valence electrons. The lowest BCUT2D eigenvalue weighted by Gasteiger charge is -2.02. The maximum absolute atomic E-state index is 13.1. The summed E-state index contributed by atoms with van der Waals surface area (Å²) in [5.74, 6) is -0.276. The van der Waals surface area contributed by atoms with E-state index in [2.05, 4.69) is 30.8 Å². The molecule has 0 aliphatic carbocycles. The summed E-state index contributed by atoms with van der Waals surface area (Å²) in [6.07, 6.45) is 0. The van der Waals surface area contributed by atoms with Gasteiger partial charge >= 0.3 is 0 Å². The monoisotopic (exact) mass is 301 g/mol. The van der Waals surface area contributed by atoms with Crippen LogP contribution in [0.2, 0.25) is 0 Å². The minimum Gasteiger partial charge on any atom is -0.315 e. The van der Waals surface area contributed by atoms with Crippen molar-refractivity contribution >= 4 is 27.5 Å². The molecule has 0 radical (unpaired) electrons. The van der Waals surface area contributed by atoms with Gasteiger partial charge < -0.3 is 5.32 Å². The van der Waals surface area contributed by atoms with Gasteiger partial charge in [0, 0.05) is 12.1 Å². The van der Waals surface area contributed by atoms with Crippen LogP contribution < -0.4 is 5.32 Å². The Balaban J connectivity index is 2.42. The summed E-state index contributed by atoms with van der Waals surface area (Å²) in [4.78, 5) is 1.04. The zero-order valence-electron chi connectivity index (χ0n) is 8.50. The van der Waals surface area contributed by atoms with E-state index in [0.29, 0.717) is 11.0 Å². The van der Waals surface area contributed by atoms with E-state index in [-0.39, 0.29) is 5.82 Å². The number of halogens is 2. The highest BCUT2D eigenvalue weighted by Crippen LogP contribution is 2.27. The Labute approximate surface area is 105 Å². The molecule has 1 aromatic carbocycles. The number of nitrogens with zero attached hydrogens (tertiary/aromatic N) is 2. The zero-order chi connectivity index (χ0) is 11.5. The number of benzene rings is 1. The van der Waals surface area contributed by atoms with Crippen molar-refractivity contribution in [1.82, 2.24) is 14.9 Å². The summed E-state index contributed by atoms with van der Waals surface area (Å²) in [5, 5.41) is 7.11. The Bertz CT molecular complexity index is 501. The first-order valence-corrected chi connectivity index (χ1v) is 6.20. The molecule has 16 heavy (non-hydrogen) atoms. The second-order valence-corrected chi connectivity index (χ2v) is 4.90. The van der Waals surface area contributed by atoms with Gasteiger partial charge in [-0.05, 0) is 52.7 Å². The lowest BCUT2D eigenvalue weighted by atomic mass is 10.1. The van der Waals surface area contributed by atoms with Gasteiger partial charge in [-0.3, -0.25) is 0 Å². The van der Waals surface area contributed by atoms with Crippen LogP contribution in [0, 0.1) is 5.82 Å². The Morgan fingerprint density at radius 1 is 1.50 bits per heavy atom. The van der Waals surface area contributed by atoms with Crippen molar-refractivity contribution in [2.45, 2.75) is 6.54 Å². The standard InChI is InChI=1S/C10H9BrFN3S/c1-13-5-9-10(14-15-16-9)6-2-3-8(12)7(11)4-6/h2-4,13H,5H2,1H3. The minimum atomic E-state index is -0.276. The third kappa shape index (κ3) is 2.28. The van der Waals surface area contributed by atoms with Crippen molar-refractivity contribution in [1.29, 1.82) is 0 Å². The highest BCUT2D eigenvalue weighted by molar-refractivity contribution is 9.10. The van der Waals surface area contributed by atoms with E-state index in [4.69, 9.17) is 0 Å². The quantitative estimate of drug-likeness (QED) is 0.947. The molecule has 2 aromatic rings. The van der Waals surface area contributed by atoms with Gasteiger partial charge in [-0.15, -0.1) is 5.10 Å². The molecule has 0 atom stereocenters. The molecule has 6 heteroatoms. The largest absolute Gasteiger partial charge is 0.315 e. The first-order chi connectivity index (χ1) is 7.72. The van der Waals surface area contributed by atoms with E-state index in [1.165, 1.54) is 17.6 Å². The molecule has 0 aliphatic rings. The first kappa shape index (κ1) is 11.6. The van der Waals surface area contributed by atoms with Crippen LogP contribution in [0.3, 0.4) is 0 Å². The molecule has 0 aliphatic heterocycles. The molecule has 3 nitrogen and oxygen atoms in total. The van der Waals surface area contributed by atoms with Crippen LogP contribution >= 0.6 is 27.5 Å². The SMILES string of the molecule is CNCc1snnc1-c1ccc(F)c(Br)c1. The van der Waals surface area contributed by atoms with Crippen LogP contribution in [0.15, 0.2) is 22.7 Å². The van der Waals surface area contributed by atoms with E-state index in [1.807, 2.05) is 7.05 Å². The highest BCUT2D eigenvalue weighted by Gasteiger charge is 2.11. The Morgan fingerprint density at radius 3 is 3.00 bits per heavy atom. The second kappa shape index (κ2) is 4.99. The average molecular weight is 302 g/mol. The van der Waals surface area contributed by atoms with Gasteiger partial charge in [0.05, 0.1) is 9.35 Å². The lowest BCUT2D eigenvalue weighted by Crippen LogP contribution is -2.04. The van der Waals surface area contributed by atoms with Gasteiger partial charge in [0.25, 0.3) is 0 Å². The Hall–Kier alpha value is -0.850. The fraction of sp³-hybridized carbons (Fsp3) is 0.200.